The summed E-state index contributed by atoms with van der Waals surface area (Å²) in [6.07, 6.45) is 1.61. The van der Waals surface area contributed by atoms with E-state index in [1.54, 1.807) is 24.0 Å². The van der Waals surface area contributed by atoms with Gasteiger partial charge in [-0.15, -0.1) is 11.3 Å². The first-order valence-electron chi connectivity index (χ1n) is 9.15. The van der Waals surface area contributed by atoms with Crippen molar-refractivity contribution in [3.8, 4) is 10.6 Å². The van der Waals surface area contributed by atoms with E-state index in [0.717, 1.165) is 17.7 Å². The number of aromatic nitrogens is 3. The molecule has 0 aliphatic carbocycles. The Hall–Kier alpha value is -3.00. The molecular weight excluding hydrogens is 376 g/mol. The van der Waals surface area contributed by atoms with Gasteiger partial charge in [0.05, 0.1) is 10.6 Å². The average Bonchev–Trinajstić information content (AvgIpc) is 3.22. The molecule has 144 valence electrons. The largest absolute Gasteiger partial charge is 0.338 e. The molecule has 4 rings (SSSR count). The summed E-state index contributed by atoms with van der Waals surface area (Å²) in [5, 5.41) is 1.94. The van der Waals surface area contributed by atoms with E-state index >= 15 is 0 Å². The predicted octanol–water partition coefficient (Wildman–Crippen LogP) is 2.51. The smallest absolute Gasteiger partial charge is 0.260 e. The van der Waals surface area contributed by atoms with Crippen molar-refractivity contribution in [2.45, 2.75) is 25.7 Å². The zero-order valence-electron chi connectivity index (χ0n) is 15.4. The molecule has 8 heteroatoms. The summed E-state index contributed by atoms with van der Waals surface area (Å²) < 4.78 is 0. The minimum atomic E-state index is -0.377. The Morgan fingerprint density at radius 1 is 1.25 bits per heavy atom. The van der Waals surface area contributed by atoms with Gasteiger partial charge in [0.15, 0.2) is 0 Å². The van der Waals surface area contributed by atoms with Gasteiger partial charge in [0.2, 0.25) is 0 Å². The minimum absolute atomic E-state index is 0.0742. The van der Waals surface area contributed by atoms with E-state index in [0.29, 0.717) is 30.3 Å². The number of nitrogens with one attached hydrogen (secondary N) is 2. The molecule has 1 amide bonds. The Morgan fingerprint density at radius 2 is 2.11 bits per heavy atom. The monoisotopic (exact) mass is 396 g/mol. The van der Waals surface area contributed by atoms with Crippen molar-refractivity contribution in [3.05, 3.63) is 73.5 Å². The summed E-state index contributed by atoms with van der Waals surface area (Å²) in [7, 11) is 0. The van der Waals surface area contributed by atoms with Crippen molar-refractivity contribution in [2.24, 2.45) is 0 Å². The molecule has 1 fully saturated rings. The Morgan fingerprint density at radius 3 is 2.86 bits per heavy atom. The van der Waals surface area contributed by atoms with E-state index in [1.807, 2.05) is 17.5 Å². The number of hydrogen-bond donors (Lipinski definition) is 2. The third-order valence-electron chi connectivity index (χ3n) is 4.91. The van der Waals surface area contributed by atoms with Crippen LogP contribution in [0.15, 0.2) is 45.3 Å². The molecule has 0 unspecified atom stereocenters. The average molecular weight is 396 g/mol. The van der Waals surface area contributed by atoms with Gasteiger partial charge < -0.3 is 14.9 Å². The molecule has 0 spiro atoms. The normalized spacial score (nSPS) is 16.9. The van der Waals surface area contributed by atoms with E-state index in [9.17, 15) is 14.4 Å². The number of aryl methyl sites for hydroxylation is 1. The Kier molecular flexibility index (Phi) is 4.95. The SMILES string of the molecule is Cc1ccc(C(=O)N2CCC[C@H](c3nc(-c4cccs4)cc(=O)[nH]3)C2)c(=O)[nH]1. The van der Waals surface area contributed by atoms with E-state index < -0.39 is 0 Å². The van der Waals surface area contributed by atoms with Crippen LogP contribution in [0.3, 0.4) is 0 Å². The minimum Gasteiger partial charge on any atom is -0.338 e. The lowest BCUT2D eigenvalue weighted by atomic mass is 9.96. The molecule has 0 radical (unpaired) electrons. The van der Waals surface area contributed by atoms with Crippen molar-refractivity contribution in [2.75, 3.05) is 13.1 Å². The number of amides is 1. The maximum atomic E-state index is 12.8. The third kappa shape index (κ3) is 3.68. The topological polar surface area (TPSA) is 98.9 Å². The van der Waals surface area contributed by atoms with Crippen LogP contribution in [-0.4, -0.2) is 38.8 Å². The molecule has 0 aromatic carbocycles. The highest BCUT2D eigenvalue weighted by atomic mass is 32.1. The summed E-state index contributed by atoms with van der Waals surface area (Å²) in [5.41, 5.74) is 0.919. The van der Waals surface area contributed by atoms with Crippen LogP contribution in [0.2, 0.25) is 0 Å². The fourth-order valence-electron chi connectivity index (χ4n) is 3.52. The fraction of sp³-hybridized carbons (Fsp3) is 0.300. The van der Waals surface area contributed by atoms with Crippen molar-refractivity contribution in [3.63, 3.8) is 0 Å². The van der Waals surface area contributed by atoms with E-state index in [-0.39, 0.29) is 28.5 Å². The van der Waals surface area contributed by atoms with Gasteiger partial charge >= 0.3 is 0 Å². The van der Waals surface area contributed by atoms with Crippen LogP contribution in [0.25, 0.3) is 10.6 Å². The van der Waals surface area contributed by atoms with E-state index in [4.69, 9.17) is 0 Å². The molecular formula is C20H20N4O3S. The highest BCUT2D eigenvalue weighted by Gasteiger charge is 2.28. The number of H-pyrrole nitrogens is 2. The quantitative estimate of drug-likeness (QED) is 0.711. The van der Waals surface area contributed by atoms with Crippen molar-refractivity contribution >= 4 is 17.2 Å². The Labute approximate surface area is 165 Å². The second kappa shape index (κ2) is 7.55. The van der Waals surface area contributed by atoms with Crippen molar-refractivity contribution in [1.82, 2.24) is 19.9 Å². The maximum Gasteiger partial charge on any atom is 0.260 e. The number of thiophene rings is 1. The summed E-state index contributed by atoms with van der Waals surface area (Å²) >= 11 is 1.53. The standard InChI is InChI=1S/C20H20N4O3S/c1-12-6-7-14(19(26)21-12)20(27)24-8-2-4-13(11-24)18-22-15(10-17(25)23-18)16-5-3-9-28-16/h3,5-7,9-10,13H,2,4,8,11H2,1H3,(H,21,26)(H,22,23,25)/t13-/m0/s1. The summed E-state index contributed by atoms with van der Waals surface area (Å²) in [5.74, 6) is 0.226. The molecule has 0 saturated carbocycles. The number of likely N-dealkylation sites (tertiary alicyclic amines) is 1. The lowest BCUT2D eigenvalue weighted by Gasteiger charge is -2.32. The van der Waals surface area contributed by atoms with Gasteiger partial charge in [-0.2, -0.15) is 0 Å². The van der Waals surface area contributed by atoms with Gasteiger partial charge in [-0.05, 0) is 43.3 Å². The number of pyridine rings is 1. The number of rotatable bonds is 3. The molecule has 1 atom stereocenters. The van der Waals surface area contributed by atoms with Crippen LogP contribution in [0.4, 0.5) is 0 Å². The summed E-state index contributed by atoms with van der Waals surface area (Å²) in [6, 6.07) is 8.63. The van der Waals surface area contributed by atoms with Crippen LogP contribution in [0.1, 0.15) is 40.6 Å². The number of aromatic amines is 2. The summed E-state index contributed by atoms with van der Waals surface area (Å²) in [6.45, 7) is 2.77. The predicted molar refractivity (Wildman–Crippen MR) is 108 cm³/mol. The van der Waals surface area contributed by atoms with Gasteiger partial charge in [0.25, 0.3) is 17.0 Å². The van der Waals surface area contributed by atoms with E-state index in [2.05, 4.69) is 15.0 Å². The number of piperidine rings is 1. The molecule has 0 bridgehead atoms. The lowest BCUT2D eigenvalue weighted by Crippen LogP contribution is -2.41. The second-order valence-electron chi connectivity index (χ2n) is 6.97. The molecule has 3 aromatic heterocycles. The first-order chi connectivity index (χ1) is 13.5. The van der Waals surface area contributed by atoms with Crippen LogP contribution in [0.5, 0.6) is 0 Å². The number of nitrogens with zero attached hydrogens (tertiary/aromatic N) is 2. The molecule has 1 aliphatic rings. The van der Waals surface area contributed by atoms with Gasteiger partial charge in [0.1, 0.15) is 11.4 Å². The second-order valence-corrected chi connectivity index (χ2v) is 7.92. The van der Waals surface area contributed by atoms with Crippen LogP contribution >= 0.6 is 11.3 Å². The number of carbonyl (C=O) groups is 1. The fourth-order valence-corrected chi connectivity index (χ4v) is 4.20. The van der Waals surface area contributed by atoms with Crippen LogP contribution < -0.4 is 11.1 Å². The van der Waals surface area contributed by atoms with Gasteiger partial charge in [-0.3, -0.25) is 14.4 Å². The molecule has 28 heavy (non-hydrogen) atoms. The van der Waals surface area contributed by atoms with Gasteiger partial charge in [0, 0.05) is 30.8 Å². The molecule has 3 aromatic rings. The molecule has 2 N–H and O–H groups in total. The van der Waals surface area contributed by atoms with Gasteiger partial charge in [-0.25, -0.2) is 4.98 Å². The molecule has 1 aliphatic heterocycles. The Balaban J connectivity index is 1.60. The molecule has 1 saturated heterocycles. The first-order valence-corrected chi connectivity index (χ1v) is 10.0. The van der Waals surface area contributed by atoms with Crippen molar-refractivity contribution < 1.29 is 4.79 Å². The highest BCUT2D eigenvalue weighted by Crippen LogP contribution is 2.27. The number of carbonyl (C=O) groups excluding carboxylic acids is 1. The number of hydrogen-bond acceptors (Lipinski definition) is 5. The lowest BCUT2D eigenvalue weighted by molar-refractivity contribution is 0.0702. The highest BCUT2D eigenvalue weighted by molar-refractivity contribution is 7.13. The van der Waals surface area contributed by atoms with E-state index in [1.165, 1.54) is 17.4 Å². The maximum absolute atomic E-state index is 12.8. The Bertz CT molecular complexity index is 1120. The zero-order valence-corrected chi connectivity index (χ0v) is 16.2. The van der Waals surface area contributed by atoms with Crippen molar-refractivity contribution in [1.29, 1.82) is 0 Å². The van der Waals surface area contributed by atoms with Gasteiger partial charge in [-0.1, -0.05) is 6.07 Å². The van der Waals surface area contributed by atoms with Crippen LogP contribution in [0, 0.1) is 6.92 Å². The molecule has 7 nitrogen and oxygen atoms in total. The third-order valence-corrected chi connectivity index (χ3v) is 5.81. The molecule has 4 heterocycles. The first kappa shape index (κ1) is 18.4. The zero-order chi connectivity index (χ0) is 19.7. The van der Waals surface area contributed by atoms with Crippen LogP contribution in [-0.2, 0) is 0 Å². The summed E-state index contributed by atoms with van der Waals surface area (Å²) in [4.78, 5) is 49.9.